The highest BCUT2D eigenvalue weighted by molar-refractivity contribution is 7.07. The van der Waals surface area contributed by atoms with Crippen molar-refractivity contribution in [1.82, 2.24) is 9.88 Å². The standard InChI is InChI=1S/C9H10N2O2S/c12-9(13)11-3-1-2-7(4-11)8-5-14-6-10-8/h2,5-6H,1,3-4H2,(H,12,13). The summed E-state index contributed by atoms with van der Waals surface area (Å²) >= 11 is 1.52. The van der Waals surface area contributed by atoms with E-state index in [1.807, 2.05) is 5.38 Å². The first-order chi connectivity index (χ1) is 6.77. The molecule has 1 aliphatic rings. The molecule has 2 rings (SSSR count). The number of amides is 1. The topological polar surface area (TPSA) is 53.4 Å². The molecule has 0 atom stereocenters. The van der Waals surface area contributed by atoms with Gasteiger partial charge in [0.2, 0.25) is 0 Å². The van der Waals surface area contributed by atoms with Crippen molar-refractivity contribution in [3.05, 3.63) is 22.7 Å². The van der Waals surface area contributed by atoms with Gasteiger partial charge in [0, 0.05) is 11.9 Å². The number of aromatic nitrogens is 1. The molecule has 0 aromatic carbocycles. The van der Waals surface area contributed by atoms with Crippen LogP contribution in [0.4, 0.5) is 4.79 Å². The lowest BCUT2D eigenvalue weighted by Crippen LogP contribution is -2.34. The van der Waals surface area contributed by atoms with Crippen molar-refractivity contribution in [2.24, 2.45) is 0 Å². The summed E-state index contributed by atoms with van der Waals surface area (Å²) in [5.41, 5.74) is 3.68. The van der Waals surface area contributed by atoms with E-state index in [-0.39, 0.29) is 0 Å². The lowest BCUT2D eigenvalue weighted by molar-refractivity contribution is 0.150. The normalized spacial score (nSPS) is 16.6. The molecule has 1 aliphatic heterocycles. The summed E-state index contributed by atoms with van der Waals surface area (Å²) in [6.45, 7) is 1.04. The average molecular weight is 210 g/mol. The zero-order valence-corrected chi connectivity index (χ0v) is 8.33. The van der Waals surface area contributed by atoms with Gasteiger partial charge < -0.3 is 10.0 Å². The van der Waals surface area contributed by atoms with Gasteiger partial charge in [0.15, 0.2) is 0 Å². The smallest absolute Gasteiger partial charge is 0.407 e. The third kappa shape index (κ3) is 1.77. The van der Waals surface area contributed by atoms with Crippen LogP contribution in [0.25, 0.3) is 5.57 Å². The largest absolute Gasteiger partial charge is 0.465 e. The Balaban J connectivity index is 2.15. The summed E-state index contributed by atoms with van der Waals surface area (Å²) in [7, 11) is 0. The van der Waals surface area contributed by atoms with Gasteiger partial charge in [0.05, 0.1) is 17.7 Å². The van der Waals surface area contributed by atoms with Crippen LogP contribution in [0.2, 0.25) is 0 Å². The molecule has 0 bridgehead atoms. The Morgan fingerprint density at radius 2 is 2.50 bits per heavy atom. The maximum Gasteiger partial charge on any atom is 0.407 e. The molecule has 14 heavy (non-hydrogen) atoms. The van der Waals surface area contributed by atoms with Gasteiger partial charge in [-0.3, -0.25) is 0 Å². The summed E-state index contributed by atoms with van der Waals surface area (Å²) < 4.78 is 0. The number of nitrogens with zero attached hydrogens (tertiary/aromatic N) is 2. The lowest BCUT2D eigenvalue weighted by Gasteiger charge is -2.23. The van der Waals surface area contributed by atoms with E-state index in [1.165, 1.54) is 16.2 Å². The second-order valence-corrected chi connectivity index (χ2v) is 3.81. The third-order valence-corrected chi connectivity index (χ3v) is 2.77. The summed E-state index contributed by atoms with van der Waals surface area (Å²) in [4.78, 5) is 16.3. The van der Waals surface area contributed by atoms with Crippen molar-refractivity contribution in [2.45, 2.75) is 6.42 Å². The van der Waals surface area contributed by atoms with E-state index in [1.54, 1.807) is 5.51 Å². The third-order valence-electron chi connectivity index (χ3n) is 2.18. The molecule has 4 nitrogen and oxygen atoms in total. The summed E-state index contributed by atoms with van der Waals surface area (Å²) in [5.74, 6) is 0. The van der Waals surface area contributed by atoms with E-state index in [9.17, 15) is 4.79 Å². The zero-order chi connectivity index (χ0) is 9.97. The van der Waals surface area contributed by atoms with Crippen LogP contribution in [-0.4, -0.2) is 34.2 Å². The van der Waals surface area contributed by atoms with Crippen LogP contribution in [-0.2, 0) is 0 Å². The van der Waals surface area contributed by atoms with Gasteiger partial charge in [0.25, 0.3) is 0 Å². The van der Waals surface area contributed by atoms with Crippen LogP contribution in [0.1, 0.15) is 12.1 Å². The van der Waals surface area contributed by atoms with E-state index in [0.29, 0.717) is 13.1 Å². The molecule has 1 aromatic rings. The van der Waals surface area contributed by atoms with Crippen molar-refractivity contribution < 1.29 is 9.90 Å². The minimum absolute atomic E-state index is 0.457. The fourth-order valence-electron chi connectivity index (χ4n) is 1.46. The molecule has 0 saturated carbocycles. The quantitative estimate of drug-likeness (QED) is 0.770. The minimum atomic E-state index is -0.856. The van der Waals surface area contributed by atoms with Crippen LogP contribution in [0.5, 0.6) is 0 Å². The number of carboxylic acid groups (broad SMARTS) is 1. The Morgan fingerprint density at radius 1 is 1.64 bits per heavy atom. The Hall–Kier alpha value is -1.36. The lowest BCUT2D eigenvalue weighted by atomic mass is 10.1. The van der Waals surface area contributed by atoms with Crippen LogP contribution in [0.3, 0.4) is 0 Å². The Morgan fingerprint density at radius 3 is 3.14 bits per heavy atom. The maximum atomic E-state index is 10.8. The number of carbonyl (C=O) groups is 1. The molecule has 1 amide bonds. The van der Waals surface area contributed by atoms with Crippen LogP contribution >= 0.6 is 11.3 Å². The summed E-state index contributed by atoms with van der Waals surface area (Å²) in [6, 6.07) is 0. The monoisotopic (exact) mass is 210 g/mol. The van der Waals surface area contributed by atoms with Gasteiger partial charge in [-0.1, -0.05) is 6.08 Å². The average Bonchev–Trinajstić information content (AvgIpc) is 2.71. The SMILES string of the molecule is O=C(O)N1CCC=C(c2cscn2)C1. The van der Waals surface area contributed by atoms with Crippen molar-refractivity contribution in [3.8, 4) is 0 Å². The Labute approximate surface area is 85.5 Å². The van der Waals surface area contributed by atoms with Crippen molar-refractivity contribution in [3.63, 3.8) is 0 Å². The first kappa shape index (κ1) is 9.21. The molecule has 5 heteroatoms. The molecule has 0 spiro atoms. The predicted molar refractivity (Wildman–Crippen MR) is 54.3 cm³/mol. The summed E-state index contributed by atoms with van der Waals surface area (Å²) in [5, 5.41) is 10.8. The second kappa shape index (κ2) is 3.79. The van der Waals surface area contributed by atoms with Gasteiger partial charge in [-0.25, -0.2) is 9.78 Å². The first-order valence-electron chi connectivity index (χ1n) is 4.33. The molecule has 0 fully saturated rings. The van der Waals surface area contributed by atoms with Crippen LogP contribution in [0.15, 0.2) is 17.0 Å². The Bertz CT molecular complexity index is 359. The van der Waals surface area contributed by atoms with Crippen LogP contribution < -0.4 is 0 Å². The Kier molecular flexibility index (Phi) is 2.49. The van der Waals surface area contributed by atoms with E-state index in [0.717, 1.165) is 17.7 Å². The molecular formula is C9H10N2O2S. The fraction of sp³-hybridized carbons (Fsp3) is 0.333. The van der Waals surface area contributed by atoms with E-state index in [2.05, 4.69) is 11.1 Å². The minimum Gasteiger partial charge on any atom is -0.465 e. The molecule has 2 heterocycles. The molecule has 0 aliphatic carbocycles. The zero-order valence-electron chi connectivity index (χ0n) is 7.51. The fourth-order valence-corrected chi connectivity index (χ4v) is 2.04. The number of thiazole rings is 1. The van der Waals surface area contributed by atoms with Gasteiger partial charge in [0.1, 0.15) is 0 Å². The second-order valence-electron chi connectivity index (χ2n) is 3.10. The van der Waals surface area contributed by atoms with Crippen molar-refractivity contribution >= 4 is 23.0 Å². The molecule has 0 unspecified atom stereocenters. The highest BCUT2D eigenvalue weighted by Gasteiger charge is 2.18. The van der Waals surface area contributed by atoms with Crippen LogP contribution in [0, 0.1) is 0 Å². The van der Waals surface area contributed by atoms with Crippen molar-refractivity contribution in [2.75, 3.05) is 13.1 Å². The van der Waals surface area contributed by atoms with Gasteiger partial charge in [-0.15, -0.1) is 11.3 Å². The maximum absolute atomic E-state index is 10.8. The van der Waals surface area contributed by atoms with E-state index < -0.39 is 6.09 Å². The van der Waals surface area contributed by atoms with Gasteiger partial charge in [-0.2, -0.15) is 0 Å². The van der Waals surface area contributed by atoms with E-state index in [4.69, 9.17) is 5.11 Å². The molecule has 0 radical (unpaired) electrons. The first-order valence-corrected chi connectivity index (χ1v) is 5.27. The highest BCUT2D eigenvalue weighted by atomic mass is 32.1. The number of hydrogen-bond donors (Lipinski definition) is 1. The molecule has 0 saturated heterocycles. The van der Waals surface area contributed by atoms with Crippen molar-refractivity contribution in [1.29, 1.82) is 0 Å². The molecule has 74 valence electrons. The number of rotatable bonds is 1. The summed E-state index contributed by atoms with van der Waals surface area (Å²) in [6.07, 6.45) is 1.99. The van der Waals surface area contributed by atoms with Gasteiger partial charge >= 0.3 is 6.09 Å². The van der Waals surface area contributed by atoms with Gasteiger partial charge in [-0.05, 0) is 12.0 Å². The van der Waals surface area contributed by atoms with E-state index >= 15 is 0 Å². The molecular weight excluding hydrogens is 200 g/mol. The predicted octanol–water partition coefficient (Wildman–Crippen LogP) is 1.91. The molecule has 1 N–H and O–H groups in total. The highest BCUT2D eigenvalue weighted by Crippen LogP contribution is 2.20. The number of hydrogen-bond acceptors (Lipinski definition) is 3. The molecule has 1 aromatic heterocycles.